The predicted molar refractivity (Wildman–Crippen MR) is 106 cm³/mol. The van der Waals surface area contributed by atoms with Crippen molar-refractivity contribution in [3.05, 3.63) is 17.5 Å². The van der Waals surface area contributed by atoms with Gasteiger partial charge in [0.15, 0.2) is 11.7 Å². The Morgan fingerprint density at radius 3 is 2.42 bits per heavy atom. The van der Waals surface area contributed by atoms with Gasteiger partial charge in [0.25, 0.3) is 0 Å². The first-order valence-electron chi connectivity index (χ1n) is 9.73. The molecular weight excluding hydrogens is 328 g/mol. The van der Waals surface area contributed by atoms with Crippen molar-refractivity contribution in [2.24, 2.45) is 10.9 Å². The van der Waals surface area contributed by atoms with E-state index in [2.05, 4.69) is 65.3 Å². The summed E-state index contributed by atoms with van der Waals surface area (Å²) in [5, 5.41) is 10.9. The van der Waals surface area contributed by atoms with Gasteiger partial charge in [-0.25, -0.2) is 0 Å². The highest BCUT2D eigenvalue weighted by Crippen LogP contribution is 2.14. The van der Waals surface area contributed by atoms with Crippen LogP contribution in [0.1, 0.15) is 45.1 Å². The normalized spacial score (nSPS) is 18.5. The van der Waals surface area contributed by atoms with E-state index in [1.807, 2.05) is 6.07 Å². The van der Waals surface area contributed by atoms with Gasteiger partial charge in [-0.05, 0) is 18.9 Å². The van der Waals surface area contributed by atoms with E-state index in [1.165, 1.54) is 0 Å². The Morgan fingerprint density at radius 1 is 1.19 bits per heavy atom. The lowest BCUT2D eigenvalue weighted by molar-refractivity contribution is 0.0900. The van der Waals surface area contributed by atoms with Crippen LogP contribution < -0.4 is 10.6 Å². The number of nitrogens with one attached hydrogen (secondary N) is 2. The third-order valence-corrected chi connectivity index (χ3v) is 5.08. The molecule has 1 saturated heterocycles. The molecule has 1 aromatic rings. The van der Waals surface area contributed by atoms with Crippen LogP contribution in [-0.2, 0) is 6.54 Å². The van der Waals surface area contributed by atoms with Gasteiger partial charge in [0.2, 0.25) is 0 Å². The topological polar surface area (TPSA) is 68.9 Å². The summed E-state index contributed by atoms with van der Waals surface area (Å²) in [7, 11) is 4.00. The molecule has 1 unspecified atom stereocenters. The van der Waals surface area contributed by atoms with Crippen LogP contribution in [0.25, 0.3) is 0 Å². The van der Waals surface area contributed by atoms with Crippen molar-refractivity contribution in [2.45, 2.75) is 46.2 Å². The lowest BCUT2D eigenvalue weighted by Crippen LogP contribution is -2.55. The molecular formula is C19H36N6O. The van der Waals surface area contributed by atoms with Crippen LogP contribution >= 0.6 is 0 Å². The first-order valence-corrected chi connectivity index (χ1v) is 9.73. The van der Waals surface area contributed by atoms with Crippen molar-refractivity contribution < 1.29 is 4.52 Å². The minimum absolute atomic E-state index is 0.375. The molecule has 1 fully saturated rings. The van der Waals surface area contributed by atoms with Crippen molar-refractivity contribution >= 4 is 5.96 Å². The van der Waals surface area contributed by atoms with Crippen molar-refractivity contribution in [1.29, 1.82) is 0 Å². The Labute approximate surface area is 158 Å². The van der Waals surface area contributed by atoms with Gasteiger partial charge < -0.3 is 20.1 Å². The number of likely N-dealkylation sites (N-methyl/N-ethyl adjacent to an activating group) is 1. The number of aliphatic imine (C=N–C) groups is 1. The van der Waals surface area contributed by atoms with E-state index in [0.717, 1.165) is 50.1 Å². The van der Waals surface area contributed by atoms with Gasteiger partial charge in [-0.3, -0.25) is 9.89 Å². The van der Waals surface area contributed by atoms with Crippen LogP contribution in [0, 0.1) is 5.92 Å². The van der Waals surface area contributed by atoms with Crippen molar-refractivity contribution in [3.63, 3.8) is 0 Å². The fraction of sp³-hybridized carbons (Fsp3) is 0.789. The van der Waals surface area contributed by atoms with Gasteiger partial charge in [-0.2, -0.15) is 0 Å². The van der Waals surface area contributed by atoms with E-state index in [0.29, 0.717) is 24.4 Å². The number of nitrogens with zero attached hydrogens (tertiary/aromatic N) is 4. The molecule has 0 radical (unpaired) electrons. The van der Waals surface area contributed by atoms with Crippen LogP contribution in [0.4, 0.5) is 0 Å². The third kappa shape index (κ3) is 5.99. The third-order valence-electron chi connectivity index (χ3n) is 5.08. The van der Waals surface area contributed by atoms with E-state index in [-0.39, 0.29) is 0 Å². The van der Waals surface area contributed by atoms with Crippen LogP contribution in [-0.4, -0.2) is 73.8 Å². The molecule has 0 bridgehead atoms. The quantitative estimate of drug-likeness (QED) is 0.567. The van der Waals surface area contributed by atoms with E-state index >= 15 is 0 Å². The Balaban J connectivity index is 1.83. The summed E-state index contributed by atoms with van der Waals surface area (Å²) < 4.78 is 5.38. The first-order chi connectivity index (χ1) is 12.4. The summed E-state index contributed by atoms with van der Waals surface area (Å²) in [4.78, 5) is 9.33. The molecule has 2 heterocycles. The Bertz CT molecular complexity index is 560. The number of aromatic nitrogens is 1. The van der Waals surface area contributed by atoms with Gasteiger partial charge in [0.1, 0.15) is 0 Å². The first kappa shape index (κ1) is 20.7. The number of guanidine groups is 1. The predicted octanol–water partition coefficient (Wildman–Crippen LogP) is 1.74. The number of hydrogen-bond donors (Lipinski definition) is 2. The maximum Gasteiger partial charge on any atom is 0.191 e. The van der Waals surface area contributed by atoms with Gasteiger partial charge in [-0.1, -0.05) is 32.9 Å². The maximum absolute atomic E-state index is 5.38. The lowest BCUT2D eigenvalue weighted by atomic mass is 10.0. The molecule has 2 N–H and O–H groups in total. The highest BCUT2D eigenvalue weighted by Gasteiger charge is 2.25. The van der Waals surface area contributed by atoms with E-state index < -0.39 is 0 Å². The summed E-state index contributed by atoms with van der Waals surface area (Å²) in [6.07, 6.45) is 0. The zero-order valence-electron chi connectivity index (χ0n) is 17.2. The second-order valence-electron chi connectivity index (χ2n) is 7.83. The van der Waals surface area contributed by atoms with Gasteiger partial charge in [0, 0.05) is 51.9 Å². The molecule has 7 nitrogen and oxygen atoms in total. The molecule has 1 aromatic heterocycles. The SMILES string of the molecule is CN=C(NCc1cc(C(C)C)no1)NCC(C(C)C)N1CCN(C)CC1. The Morgan fingerprint density at radius 2 is 1.88 bits per heavy atom. The highest BCUT2D eigenvalue weighted by molar-refractivity contribution is 5.79. The minimum Gasteiger partial charge on any atom is -0.359 e. The second-order valence-corrected chi connectivity index (χ2v) is 7.83. The van der Waals surface area contributed by atoms with E-state index in [9.17, 15) is 0 Å². The smallest absolute Gasteiger partial charge is 0.191 e. The fourth-order valence-electron chi connectivity index (χ4n) is 3.22. The molecule has 7 heteroatoms. The summed E-state index contributed by atoms with van der Waals surface area (Å²) in [6, 6.07) is 2.51. The zero-order chi connectivity index (χ0) is 19.1. The van der Waals surface area contributed by atoms with Crippen molar-refractivity contribution in [1.82, 2.24) is 25.6 Å². The van der Waals surface area contributed by atoms with Gasteiger partial charge in [-0.15, -0.1) is 0 Å². The Hall–Kier alpha value is -1.60. The second kappa shape index (κ2) is 9.92. The molecule has 1 atom stereocenters. The van der Waals surface area contributed by atoms with E-state index in [4.69, 9.17) is 4.52 Å². The standard InChI is InChI=1S/C19H36N6O/c1-14(2)17-11-16(26-23-17)12-21-19(20-5)22-13-18(15(3)4)25-9-7-24(6)8-10-25/h11,14-15,18H,7-10,12-13H2,1-6H3,(H2,20,21,22). The molecule has 1 aliphatic heterocycles. The largest absolute Gasteiger partial charge is 0.359 e. The monoisotopic (exact) mass is 364 g/mol. The van der Waals surface area contributed by atoms with Gasteiger partial charge in [0.05, 0.1) is 12.2 Å². The number of piperazine rings is 1. The molecule has 26 heavy (non-hydrogen) atoms. The average molecular weight is 365 g/mol. The maximum atomic E-state index is 5.38. The molecule has 0 saturated carbocycles. The lowest BCUT2D eigenvalue weighted by Gasteiger charge is -2.40. The molecule has 2 rings (SSSR count). The summed E-state index contributed by atoms with van der Waals surface area (Å²) in [6.45, 7) is 14.8. The highest BCUT2D eigenvalue weighted by atomic mass is 16.5. The molecule has 0 aliphatic carbocycles. The summed E-state index contributed by atoms with van der Waals surface area (Å²) in [5.74, 6) is 2.59. The molecule has 0 amide bonds. The number of hydrogen-bond acceptors (Lipinski definition) is 5. The number of rotatable bonds is 7. The molecule has 0 aromatic carbocycles. The van der Waals surface area contributed by atoms with Crippen molar-refractivity contribution in [3.8, 4) is 0 Å². The van der Waals surface area contributed by atoms with Crippen LogP contribution in [0.3, 0.4) is 0 Å². The van der Waals surface area contributed by atoms with E-state index in [1.54, 1.807) is 7.05 Å². The Kier molecular flexibility index (Phi) is 7.90. The molecule has 1 aliphatic rings. The zero-order valence-corrected chi connectivity index (χ0v) is 17.2. The van der Waals surface area contributed by atoms with Crippen LogP contribution in [0.15, 0.2) is 15.6 Å². The van der Waals surface area contributed by atoms with Crippen molar-refractivity contribution in [2.75, 3.05) is 46.8 Å². The fourth-order valence-corrected chi connectivity index (χ4v) is 3.22. The molecule has 148 valence electrons. The van der Waals surface area contributed by atoms with Gasteiger partial charge >= 0.3 is 0 Å². The van der Waals surface area contributed by atoms with Crippen LogP contribution in [0.2, 0.25) is 0 Å². The summed E-state index contributed by atoms with van der Waals surface area (Å²) in [5.41, 5.74) is 0.986. The minimum atomic E-state index is 0.375. The summed E-state index contributed by atoms with van der Waals surface area (Å²) >= 11 is 0. The average Bonchev–Trinajstić information content (AvgIpc) is 3.08. The molecule has 0 spiro atoms. The van der Waals surface area contributed by atoms with Crippen LogP contribution in [0.5, 0.6) is 0 Å².